The van der Waals surface area contributed by atoms with Gasteiger partial charge in [-0.3, -0.25) is 14.3 Å². The van der Waals surface area contributed by atoms with E-state index in [0.29, 0.717) is 40.0 Å². The van der Waals surface area contributed by atoms with Gasteiger partial charge in [0.25, 0.3) is 5.56 Å². The van der Waals surface area contributed by atoms with Crippen LogP contribution < -0.4 is 15.6 Å². The first-order valence-corrected chi connectivity index (χ1v) is 14.9. The van der Waals surface area contributed by atoms with Gasteiger partial charge < -0.3 is 10.1 Å². The van der Waals surface area contributed by atoms with Gasteiger partial charge in [-0.05, 0) is 37.8 Å². The number of nitrogens with one attached hydrogen (secondary N) is 1. The molecule has 1 aliphatic carbocycles. The van der Waals surface area contributed by atoms with Crippen LogP contribution in [-0.2, 0) is 16.4 Å². The summed E-state index contributed by atoms with van der Waals surface area (Å²) in [5, 5.41) is 3.07. The lowest BCUT2D eigenvalue weighted by atomic mass is 10.1. The summed E-state index contributed by atoms with van der Waals surface area (Å²) in [6.45, 7) is 7.80. The van der Waals surface area contributed by atoms with Crippen molar-refractivity contribution in [2.24, 2.45) is 5.92 Å². The largest absolute Gasteiger partial charge is 0.480 e. The van der Waals surface area contributed by atoms with E-state index in [2.05, 4.69) is 30.2 Å². The molecule has 0 aliphatic heterocycles. The summed E-state index contributed by atoms with van der Waals surface area (Å²) < 4.78 is 31.3. The van der Waals surface area contributed by atoms with Crippen molar-refractivity contribution in [3.8, 4) is 17.3 Å². The van der Waals surface area contributed by atoms with Crippen molar-refractivity contribution < 1.29 is 13.2 Å². The van der Waals surface area contributed by atoms with Crippen LogP contribution in [0.3, 0.4) is 0 Å². The van der Waals surface area contributed by atoms with Gasteiger partial charge in [-0.2, -0.15) is 0 Å². The summed E-state index contributed by atoms with van der Waals surface area (Å²) in [6.07, 6.45) is 6.46. The predicted molar refractivity (Wildman–Crippen MR) is 150 cm³/mol. The van der Waals surface area contributed by atoms with Crippen molar-refractivity contribution in [1.82, 2.24) is 34.5 Å². The zero-order valence-corrected chi connectivity index (χ0v) is 23.9. The summed E-state index contributed by atoms with van der Waals surface area (Å²) in [7, 11) is -1.80. The molecule has 0 radical (unpaired) electrons. The molecular formula is C27H32N8O4S. The minimum Gasteiger partial charge on any atom is -0.480 e. The second-order valence-electron chi connectivity index (χ2n) is 10.2. The first kappa shape index (κ1) is 27.6. The fourth-order valence-electron chi connectivity index (χ4n) is 4.37. The van der Waals surface area contributed by atoms with Gasteiger partial charge in [0.1, 0.15) is 17.4 Å². The van der Waals surface area contributed by atoms with Gasteiger partial charge in [0, 0.05) is 18.2 Å². The molecule has 1 N–H and O–H groups in total. The molecule has 5 rings (SSSR count). The number of nitrogens with zero attached hydrogens (tertiary/aromatic N) is 7. The van der Waals surface area contributed by atoms with Crippen molar-refractivity contribution >= 4 is 26.8 Å². The van der Waals surface area contributed by atoms with Crippen LogP contribution in [-0.4, -0.2) is 55.8 Å². The lowest BCUT2D eigenvalue weighted by Gasteiger charge is -2.22. The highest BCUT2D eigenvalue weighted by Crippen LogP contribution is 2.44. The maximum absolute atomic E-state index is 13.8. The zero-order valence-electron chi connectivity index (χ0n) is 23.1. The van der Waals surface area contributed by atoms with Crippen LogP contribution in [0.15, 0.2) is 40.5 Å². The number of hydrogen-bond acceptors (Lipinski definition) is 11. The van der Waals surface area contributed by atoms with Crippen molar-refractivity contribution in [3.63, 3.8) is 0 Å². The van der Waals surface area contributed by atoms with Crippen LogP contribution in [0.4, 0.5) is 5.82 Å². The van der Waals surface area contributed by atoms with Gasteiger partial charge in [-0.15, -0.1) is 0 Å². The Labute approximate surface area is 232 Å². The number of hydrogen-bond donors (Lipinski definition) is 1. The molecule has 210 valence electrons. The van der Waals surface area contributed by atoms with Crippen LogP contribution in [0.5, 0.6) is 5.88 Å². The summed E-state index contributed by atoms with van der Waals surface area (Å²) in [4.78, 5) is 40.9. The molecule has 0 unspecified atom stereocenters. The van der Waals surface area contributed by atoms with Gasteiger partial charge >= 0.3 is 0 Å². The van der Waals surface area contributed by atoms with E-state index in [4.69, 9.17) is 9.72 Å². The lowest BCUT2D eigenvalue weighted by Crippen LogP contribution is -2.30. The Hall–Kier alpha value is -4.00. The highest BCUT2D eigenvalue weighted by molar-refractivity contribution is 7.91. The Morgan fingerprint density at radius 3 is 2.48 bits per heavy atom. The minimum absolute atomic E-state index is 0.00335. The van der Waals surface area contributed by atoms with Gasteiger partial charge in [-0.25, -0.2) is 33.3 Å². The molecule has 13 heteroatoms. The molecule has 1 aliphatic rings. The van der Waals surface area contributed by atoms with Crippen molar-refractivity contribution in [2.75, 3.05) is 18.2 Å². The molecular weight excluding hydrogens is 532 g/mol. The van der Waals surface area contributed by atoms with E-state index in [9.17, 15) is 13.2 Å². The standard InChI is InChI=1S/C27H32N8O4S/c1-6-40(37,38)19-10-9-18(28-12-19)11-29-24-27(36)35(16(4)15(2)3)25-20(33-24)13-30-23(34-25)21-22(17-7-8-17)31-14-32-26(21)39-5/h9-10,12-17H,6-8,11H2,1-5H3,(H,29,33)/t16-/m1/s1. The Bertz CT molecular complexity index is 1720. The fourth-order valence-corrected chi connectivity index (χ4v) is 5.19. The quantitative estimate of drug-likeness (QED) is 0.301. The van der Waals surface area contributed by atoms with E-state index in [-0.39, 0.29) is 40.5 Å². The minimum atomic E-state index is -3.35. The van der Waals surface area contributed by atoms with E-state index in [0.717, 1.165) is 18.5 Å². The summed E-state index contributed by atoms with van der Waals surface area (Å²) in [5.41, 5.74) is 2.56. The summed E-state index contributed by atoms with van der Waals surface area (Å²) in [5.74, 6) is 1.32. The van der Waals surface area contributed by atoms with Gasteiger partial charge in [0.2, 0.25) is 5.88 Å². The number of anilines is 1. The Morgan fingerprint density at radius 2 is 1.85 bits per heavy atom. The highest BCUT2D eigenvalue weighted by Gasteiger charge is 2.32. The molecule has 1 fully saturated rings. The van der Waals surface area contributed by atoms with Crippen LogP contribution in [0.1, 0.15) is 63.9 Å². The number of pyridine rings is 1. The van der Waals surface area contributed by atoms with Gasteiger partial charge in [0.05, 0.1) is 41.9 Å². The summed E-state index contributed by atoms with van der Waals surface area (Å²) >= 11 is 0. The average molecular weight is 565 g/mol. The third kappa shape index (κ3) is 5.25. The topological polar surface area (TPSA) is 155 Å². The number of aromatic nitrogens is 7. The number of rotatable bonds is 10. The number of methoxy groups -OCH3 is 1. The molecule has 0 amide bonds. The first-order valence-electron chi connectivity index (χ1n) is 13.2. The van der Waals surface area contributed by atoms with E-state index in [1.807, 2.05) is 20.8 Å². The lowest BCUT2D eigenvalue weighted by molar-refractivity contribution is 0.397. The van der Waals surface area contributed by atoms with Crippen LogP contribution >= 0.6 is 0 Å². The normalized spacial score (nSPS) is 14.4. The van der Waals surface area contributed by atoms with E-state index >= 15 is 0 Å². The predicted octanol–water partition coefficient (Wildman–Crippen LogP) is 3.55. The molecule has 1 saturated carbocycles. The molecule has 4 aromatic heterocycles. The second-order valence-corrected chi connectivity index (χ2v) is 12.5. The zero-order chi connectivity index (χ0) is 28.6. The molecule has 0 saturated heterocycles. The molecule has 0 aromatic carbocycles. The summed E-state index contributed by atoms with van der Waals surface area (Å²) in [6, 6.07) is 2.94. The van der Waals surface area contributed by atoms with Crippen LogP contribution in [0.2, 0.25) is 0 Å². The highest BCUT2D eigenvalue weighted by atomic mass is 32.2. The van der Waals surface area contributed by atoms with Gasteiger partial charge in [-0.1, -0.05) is 20.8 Å². The fraction of sp³-hybridized carbons (Fsp3) is 0.444. The molecule has 0 spiro atoms. The Morgan fingerprint density at radius 1 is 1.07 bits per heavy atom. The monoisotopic (exact) mass is 564 g/mol. The van der Waals surface area contributed by atoms with E-state index in [1.54, 1.807) is 30.9 Å². The first-order chi connectivity index (χ1) is 19.1. The van der Waals surface area contributed by atoms with Crippen molar-refractivity contribution in [3.05, 3.63) is 52.6 Å². The van der Waals surface area contributed by atoms with Crippen molar-refractivity contribution in [1.29, 1.82) is 0 Å². The van der Waals surface area contributed by atoms with E-state index < -0.39 is 9.84 Å². The number of ether oxygens (including phenoxy) is 1. The molecule has 1 atom stereocenters. The van der Waals surface area contributed by atoms with Crippen molar-refractivity contribution in [2.45, 2.75) is 63.9 Å². The number of sulfone groups is 1. The third-order valence-electron chi connectivity index (χ3n) is 7.20. The molecule has 4 heterocycles. The number of fused-ring (bicyclic) bond motifs is 1. The molecule has 12 nitrogen and oxygen atoms in total. The Balaban J connectivity index is 1.56. The van der Waals surface area contributed by atoms with Crippen LogP contribution in [0.25, 0.3) is 22.6 Å². The maximum Gasteiger partial charge on any atom is 0.295 e. The molecule has 0 bridgehead atoms. The smallest absolute Gasteiger partial charge is 0.295 e. The SMILES string of the molecule is CCS(=O)(=O)c1ccc(CNc2nc3cnc(-c4c(OC)ncnc4C4CC4)nc3n([C@H](C)C(C)C)c2=O)nc1. The maximum atomic E-state index is 13.8. The van der Waals surface area contributed by atoms with Crippen LogP contribution in [0, 0.1) is 5.92 Å². The second kappa shape index (κ2) is 10.9. The Kier molecular flexibility index (Phi) is 7.49. The van der Waals surface area contributed by atoms with Gasteiger partial charge in [0.15, 0.2) is 27.1 Å². The average Bonchev–Trinajstić information content (AvgIpc) is 3.81. The molecule has 4 aromatic rings. The molecule has 40 heavy (non-hydrogen) atoms. The van der Waals surface area contributed by atoms with E-state index in [1.165, 1.54) is 18.6 Å². The third-order valence-corrected chi connectivity index (χ3v) is 8.92.